The molecule has 0 rings (SSSR count). The zero-order valence-electron chi connectivity index (χ0n) is 12.8. The summed E-state index contributed by atoms with van der Waals surface area (Å²) >= 11 is 0. The number of carboxylic acids is 1. The summed E-state index contributed by atoms with van der Waals surface area (Å²) in [5.74, 6) is -1.00. The number of hydrogen-bond acceptors (Lipinski definition) is 2. The van der Waals surface area contributed by atoms with E-state index >= 15 is 0 Å². The number of urea groups is 1. The second-order valence-corrected chi connectivity index (χ2v) is 5.91. The van der Waals surface area contributed by atoms with Crippen LogP contribution < -0.4 is 5.32 Å². The van der Waals surface area contributed by atoms with Crippen LogP contribution in [0.5, 0.6) is 0 Å². The van der Waals surface area contributed by atoms with E-state index in [1.54, 1.807) is 0 Å². The highest BCUT2D eigenvalue weighted by molar-refractivity contribution is 5.82. The van der Waals surface area contributed by atoms with Crippen LogP contribution >= 0.6 is 0 Å². The zero-order valence-corrected chi connectivity index (χ0v) is 12.8. The fourth-order valence-electron chi connectivity index (χ4n) is 1.72. The Morgan fingerprint density at radius 2 is 1.89 bits per heavy atom. The minimum atomic E-state index is -1.00. The number of carboxylic acid groups (broad SMARTS) is 1. The molecule has 0 aliphatic heterocycles. The van der Waals surface area contributed by atoms with Gasteiger partial charge in [0, 0.05) is 13.6 Å². The van der Waals surface area contributed by atoms with Crippen molar-refractivity contribution in [1.29, 1.82) is 0 Å². The number of carbonyl (C=O) groups excluding carboxylic acids is 1. The number of hydrogen-bond donors (Lipinski definition) is 2. The summed E-state index contributed by atoms with van der Waals surface area (Å²) in [6.45, 7) is 8.45. The minimum Gasteiger partial charge on any atom is -0.480 e. The molecule has 0 spiro atoms. The molecular weight excluding hydrogens is 244 g/mol. The van der Waals surface area contributed by atoms with Gasteiger partial charge in [-0.05, 0) is 18.8 Å². The van der Waals surface area contributed by atoms with Gasteiger partial charge in [-0.25, -0.2) is 9.59 Å². The number of likely N-dealkylation sites (N-methyl/N-ethyl adjacent to an activating group) is 1. The number of amides is 2. The van der Waals surface area contributed by atoms with Crippen molar-refractivity contribution in [2.45, 2.75) is 59.4 Å². The maximum atomic E-state index is 11.8. The molecule has 0 saturated heterocycles. The standard InChI is InChI=1S/C14H28N2O3/c1-6-7-8-9-14(3,4)10-15-13(19)16(5)11(2)12(17)18/h11H,6-10H2,1-5H3,(H,15,19)(H,17,18). The third kappa shape index (κ3) is 7.03. The Labute approximate surface area is 116 Å². The Morgan fingerprint density at radius 3 is 2.37 bits per heavy atom. The van der Waals surface area contributed by atoms with Gasteiger partial charge >= 0.3 is 12.0 Å². The maximum Gasteiger partial charge on any atom is 0.326 e. The fourth-order valence-corrected chi connectivity index (χ4v) is 1.72. The highest BCUT2D eigenvalue weighted by Crippen LogP contribution is 2.22. The molecule has 0 aromatic carbocycles. The lowest BCUT2D eigenvalue weighted by Crippen LogP contribution is -2.47. The summed E-state index contributed by atoms with van der Waals surface area (Å²) in [6.07, 6.45) is 4.59. The third-order valence-electron chi connectivity index (χ3n) is 3.43. The van der Waals surface area contributed by atoms with E-state index in [0.29, 0.717) is 6.54 Å². The van der Waals surface area contributed by atoms with Gasteiger partial charge < -0.3 is 15.3 Å². The molecule has 2 amide bonds. The number of nitrogens with zero attached hydrogens (tertiary/aromatic N) is 1. The van der Waals surface area contributed by atoms with Gasteiger partial charge in [-0.1, -0.05) is 40.0 Å². The van der Waals surface area contributed by atoms with E-state index in [1.807, 2.05) is 0 Å². The molecule has 0 aliphatic carbocycles. The Morgan fingerprint density at radius 1 is 1.32 bits per heavy atom. The molecule has 0 heterocycles. The SMILES string of the molecule is CCCCCC(C)(C)CNC(=O)N(C)C(C)C(=O)O. The average molecular weight is 272 g/mol. The van der Waals surface area contributed by atoms with E-state index in [9.17, 15) is 9.59 Å². The van der Waals surface area contributed by atoms with E-state index in [1.165, 1.54) is 31.7 Å². The second-order valence-electron chi connectivity index (χ2n) is 5.91. The van der Waals surface area contributed by atoms with E-state index in [4.69, 9.17) is 5.11 Å². The number of rotatable bonds is 8. The highest BCUT2D eigenvalue weighted by atomic mass is 16.4. The Hall–Kier alpha value is -1.26. The predicted molar refractivity (Wildman–Crippen MR) is 76.2 cm³/mol. The van der Waals surface area contributed by atoms with Gasteiger partial charge in [0.05, 0.1) is 0 Å². The van der Waals surface area contributed by atoms with Crippen molar-refractivity contribution in [3.8, 4) is 0 Å². The molecule has 19 heavy (non-hydrogen) atoms. The van der Waals surface area contributed by atoms with Crippen LogP contribution in [0, 0.1) is 5.41 Å². The lowest BCUT2D eigenvalue weighted by molar-refractivity contribution is -0.141. The van der Waals surface area contributed by atoms with E-state index in [-0.39, 0.29) is 11.4 Å². The fraction of sp³-hybridized carbons (Fsp3) is 0.857. The molecule has 0 radical (unpaired) electrons. The zero-order chi connectivity index (χ0) is 15.1. The first-order chi connectivity index (χ1) is 8.71. The van der Waals surface area contributed by atoms with Crippen molar-refractivity contribution in [3.63, 3.8) is 0 Å². The highest BCUT2D eigenvalue weighted by Gasteiger charge is 2.24. The van der Waals surface area contributed by atoms with E-state index in [0.717, 1.165) is 12.8 Å². The van der Waals surface area contributed by atoms with Crippen LogP contribution in [-0.4, -0.2) is 41.6 Å². The lowest BCUT2D eigenvalue weighted by Gasteiger charge is -2.28. The Bertz CT molecular complexity index is 303. The summed E-state index contributed by atoms with van der Waals surface area (Å²) < 4.78 is 0. The molecule has 0 aliphatic rings. The van der Waals surface area contributed by atoms with Crippen LogP contribution in [0.2, 0.25) is 0 Å². The van der Waals surface area contributed by atoms with Crippen LogP contribution in [-0.2, 0) is 4.79 Å². The van der Waals surface area contributed by atoms with Gasteiger partial charge in [0.25, 0.3) is 0 Å². The van der Waals surface area contributed by atoms with Gasteiger partial charge in [0.15, 0.2) is 0 Å². The first-order valence-corrected chi connectivity index (χ1v) is 6.94. The summed E-state index contributed by atoms with van der Waals surface area (Å²) in [6, 6.07) is -1.15. The van der Waals surface area contributed by atoms with E-state index in [2.05, 4.69) is 26.1 Å². The summed E-state index contributed by atoms with van der Waals surface area (Å²) in [7, 11) is 1.50. The van der Waals surface area contributed by atoms with Crippen LogP contribution in [0.15, 0.2) is 0 Å². The molecule has 5 nitrogen and oxygen atoms in total. The van der Waals surface area contributed by atoms with Gasteiger partial charge in [-0.3, -0.25) is 0 Å². The molecule has 1 atom stereocenters. The van der Waals surface area contributed by atoms with Crippen molar-refractivity contribution < 1.29 is 14.7 Å². The van der Waals surface area contributed by atoms with Crippen LogP contribution in [0.25, 0.3) is 0 Å². The number of carbonyl (C=O) groups is 2. The summed E-state index contributed by atoms with van der Waals surface area (Å²) in [5, 5.41) is 11.7. The molecule has 112 valence electrons. The lowest BCUT2D eigenvalue weighted by atomic mass is 9.87. The van der Waals surface area contributed by atoms with Gasteiger partial charge in [-0.15, -0.1) is 0 Å². The largest absolute Gasteiger partial charge is 0.480 e. The molecular formula is C14H28N2O3. The van der Waals surface area contributed by atoms with Crippen LogP contribution in [0.3, 0.4) is 0 Å². The number of nitrogens with one attached hydrogen (secondary N) is 1. The molecule has 0 saturated carbocycles. The van der Waals surface area contributed by atoms with Crippen LogP contribution in [0.1, 0.15) is 53.4 Å². The van der Waals surface area contributed by atoms with Crippen molar-refractivity contribution in [1.82, 2.24) is 10.2 Å². The summed E-state index contributed by atoms with van der Waals surface area (Å²) in [5.41, 5.74) is 0.0398. The number of aliphatic carboxylic acids is 1. The maximum absolute atomic E-state index is 11.8. The second kappa shape index (κ2) is 8.02. The van der Waals surface area contributed by atoms with Gasteiger partial charge in [0.1, 0.15) is 6.04 Å². The first kappa shape index (κ1) is 17.7. The monoisotopic (exact) mass is 272 g/mol. The smallest absolute Gasteiger partial charge is 0.326 e. The molecule has 0 bridgehead atoms. The van der Waals surface area contributed by atoms with Gasteiger partial charge in [-0.2, -0.15) is 0 Å². The summed E-state index contributed by atoms with van der Waals surface area (Å²) in [4.78, 5) is 23.8. The molecule has 0 aromatic rings. The first-order valence-electron chi connectivity index (χ1n) is 6.94. The van der Waals surface area contributed by atoms with Gasteiger partial charge in [0.2, 0.25) is 0 Å². The average Bonchev–Trinajstić information content (AvgIpc) is 2.34. The molecule has 0 fully saturated rings. The van der Waals surface area contributed by atoms with Crippen molar-refractivity contribution in [2.24, 2.45) is 5.41 Å². The Balaban J connectivity index is 4.16. The van der Waals surface area contributed by atoms with Crippen molar-refractivity contribution >= 4 is 12.0 Å². The molecule has 1 unspecified atom stereocenters. The van der Waals surface area contributed by atoms with Crippen molar-refractivity contribution in [2.75, 3.05) is 13.6 Å². The van der Waals surface area contributed by atoms with E-state index < -0.39 is 12.0 Å². The number of unbranched alkanes of at least 4 members (excludes halogenated alkanes) is 2. The van der Waals surface area contributed by atoms with Crippen molar-refractivity contribution in [3.05, 3.63) is 0 Å². The Kier molecular flexibility index (Phi) is 7.49. The predicted octanol–water partition coefficient (Wildman–Crippen LogP) is 2.71. The topological polar surface area (TPSA) is 69.6 Å². The quantitative estimate of drug-likeness (QED) is 0.667. The molecule has 5 heteroatoms. The normalized spacial score (nSPS) is 12.9. The minimum absolute atomic E-state index is 0.0398. The molecule has 2 N–H and O–H groups in total. The third-order valence-corrected chi connectivity index (χ3v) is 3.43. The van der Waals surface area contributed by atoms with Crippen LogP contribution in [0.4, 0.5) is 4.79 Å². The molecule has 0 aromatic heterocycles.